The average Bonchev–Trinajstić information content (AvgIpc) is 2.94. The van der Waals surface area contributed by atoms with E-state index in [0.29, 0.717) is 0 Å². The fourth-order valence-electron chi connectivity index (χ4n) is 4.70. The number of hydrogen-bond donors (Lipinski definition) is 0. The minimum atomic E-state index is 1.24. The van der Waals surface area contributed by atoms with Crippen LogP contribution in [0.5, 0.6) is 0 Å². The molecule has 0 fully saturated rings. The van der Waals surface area contributed by atoms with Gasteiger partial charge in [-0.15, -0.1) is 0 Å². The van der Waals surface area contributed by atoms with Crippen molar-refractivity contribution in [2.24, 2.45) is 0 Å². The van der Waals surface area contributed by atoms with Gasteiger partial charge in [-0.3, -0.25) is 0 Å². The van der Waals surface area contributed by atoms with Gasteiger partial charge in [0.2, 0.25) is 0 Å². The summed E-state index contributed by atoms with van der Waals surface area (Å²) in [6.07, 6.45) is 0. The molecule has 0 unspecified atom stereocenters. The van der Waals surface area contributed by atoms with Crippen LogP contribution in [0.25, 0.3) is 55.3 Å². The summed E-state index contributed by atoms with van der Waals surface area (Å²) >= 11 is 2.34. The van der Waals surface area contributed by atoms with Gasteiger partial charge in [0.1, 0.15) is 0 Å². The summed E-state index contributed by atoms with van der Waals surface area (Å²) in [7, 11) is 0. The summed E-state index contributed by atoms with van der Waals surface area (Å²) in [5.41, 5.74) is 11.2. The lowest BCUT2D eigenvalue weighted by molar-refractivity contribution is 1.47. The first-order valence-electron chi connectivity index (χ1n) is 12.2. The van der Waals surface area contributed by atoms with Crippen molar-refractivity contribution in [1.29, 1.82) is 0 Å². The van der Waals surface area contributed by atoms with Crippen molar-refractivity contribution in [1.82, 2.24) is 0 Å². The lowest BCUT2D eigenvalue weighted by Crippen LogP contribution is -1.84. The van der Waals surface area contributed by atoms with Gasteiger partial charge in [-0.25, -0.2) is 0 Å². The van der Waals surface area contributed by atoms with Gasteiger partial charge in [-0.05, 0) is 109 Å². The zero-order chi connectivity index (χ0) is 24.5. The normalized spacial score (nSPS) is 11.1. The first-order valence-corrected chi connectivity index (χ1v) is 13.3. The van der Waals surface area contributed by atoms with Gasteiger partial charge in [0.15, 0.2) is 0 Å². The number of fused-ring (bicyclic) bond motifs is 1. The van der Waals surface area contributed by atoms with E-state index in [2.05, 4.69) is 163 Å². The summed E-state index contributed by atoms with van der Waals surface area (Å²) in [6.45, 7) is 2.12. The SMILES string of the molecule is Cc1ccc(-c2ccc(-c3ccc4cc(-c5ccc(-c6ccc(I)cc6)cc5)ccc4c3)cc2)cc1. The van der Waals surface area contributed by atoms with Crippen LogP contribution in [0.2, 0.25) is 0 Å². The van der Waals surface area contributed by atoms with Crippen LogP contribution >= 0.6 is 22.6 Å². The Morgan fingerprint density at radius 3 is 1.00 bits per heavy atom. The lowest BCUT2D eigenvalue weighted by Gasteiger charge is -2.09. The molecule has 6 aromatic carbocycles. The Labute approximate surface area is 226 Å². The molecule has 0 aromatic heterocycles. The molecule has 0 amide bonds. The Balaban J connectivity index is 1.25. The summed E-state index contributed by atoms with van der Waals surface area (Å²) < 4.78 is 1.26. The maximum Gasteiger partial charge on any atom is 0.0130 e. The van der Waals surface area contributed by atoms with Crippen LogP contribution in [0.15, 0.2) is 133 Å². The molecule has 172 valence electrons. The third-order valence-electron chi connectivity index (χ3n) is 6.84. The minimum absolute atomic E-state index is 1.24. The number of benzene rings is 6. The van der Waals surface area contributed by atoms with Gasteiger partial charge >= 0.3 is 0 Å². The second-order valence-electron chi connectivity index (χ2n) is 9.30. The van der Waals surface area contributed by atoms with Gasteiger partial charge in [0.05, 0.1) is 0 Å². The molecule has 0 spiro atoms. The van der Waals surface area contributed by atoms with Crippen molar-refractivity contribution in [2.75, 3.05) is 0 Å². The highest BCUT2D eigenvalue weighted by atomic mass is 127. The molecule has 0 aliphatic heterocycles. The van der Waals surface area contributed by atoms with E-state index < -0.39 is 0 Å². The molecule has 0 nitrogen and oxygen atoms in total. The lowest BCUT2D eigenvalue weighted by atomic mass is 9.95. The second-order valence-corrected chi connectivity index (χ2v) is 10.5. The molecule has 0 N–H and O–H groups in total. The van der Waals surface area contributed by atoms with Crippen LogP contribution in [-0.4, -0.2) is 0 Å². The topological polar surface area (TPSA) is 0 Å². The smallest absolute Gasteiger partial charge is 0.0130 e. The minimum Gasteiger partial charge on any atom is -0.0587 e. The maximum absolute atomic E-state index is 2.34. The van der Waals surface area contributed by atoms with E-state index in [9.17, 15) is 0 Å². The van der Waals surface area contributed by atoms with Crippen molar-refractivity contribution >= 4 is 33.4 Å². The van der Waals surface area contributed by atoms with Crippen molar-refractivity contribution < 1.29 is 0 Å². The first-order chi connectivity index (χ1) is 17.6. The molecule has 0 aliphatic rings. The molecule has 0 radical (unpaired) electrons. The van der Waals surface area contributed by atoms with Crippen LogP contribution in [0.1, 0.15) is 5.56 Å². The fraction of sp³-hybridized carbons (Fsp3) is 0.0286. The van der Waals surface area contributed by atoms with Crippen LogP contribution < -0.4 is 0 Å². The monoisotopic (exact) mass is 572 g/mol. The van der Waals surface area contributed by atoms with E-state index in [1.54, 1.807) is 0 Å². The van der Waals surface area contributed by atoms with Crippen molar-refractivity contribution in [3.63, 3.8) is 0 Å². The van der Waals surface area contributed by atoms with Crippen molar-refractivity contribution in [3.8, 4) is 44.5 Å². The first kappa shape index (κ1) is 22.8. The van der Waals surface area contributed by atoms with Gasteiger partial charge in [-0.1, -0.05) is 115 Å². The molecule has 0 atom stereocenters. The molecular weight excluding hydrogens is 547 g/mol. The molecule has 0 saturated heterocycles. The molecule has 0 saturated carbocycles. The Kier molecular flexibility index (Phi) is 6.16. The summed E-state index contributed by atoms with van der Waals surface area (Å²) in [5, 5.41) is 2.52. The highest BCUT2D eigenvalue weighted by molar-refractivity contribution is 14.1. The number of hydrogen-bond acceptors (Lipinski definition) is 0. The van der Waals surface area contributed by atoms with E-state index in [0.717, 1.165) is 0 Å². The predicted octanol–water partition coefficient (Wildman–Crippen LogP) is 10.4. The maximum atomic E-state index is 2.34. The summed E-state index contributed by atoms with van der Waals surface area (Å²) in [5.74, 6) is 0. The Hall–Kier alpha value is -3.69. The summed E-state index contributed by atoms with van der Waals surface area (Å²) in [6, 6.07) is 48.6. The van der Waals surface area contributed by atoms with Crippen molar-refractivity contribution in [3.05, 3.63) is 143 Å². The van der Waals surface area contributed by atoms with Crippen LogP contribution in [0.3, 0.4) is 0 Å². The highest BCUT2D eigenvalue weighted by Gasteiger charge is 2.05. The third-order valence-corrected chi connectivity index (χ3v) is 7.56. The van der Waals surface area contributed by atoms with E-state index in [1.165, 1.54) is 64.4 Å². The number of halogens is 1. The third kappa shape index (κ3) is 4.72. The molecule has 1 heteroatoms. The number of rotatable bonds is 4. The van der Waals surface area contributed by atoms with E-state index in [-0.39, 0.29) is 0 Å². The molecule has 0 heterocycles. The van der Waals surface area contributed by atoms with E-state index in [1.807, 2.05) is 0 Å². The zero-order valence-electron chi connectivity index (χ0n) is 20.1. The molecule has 0 bridgehead atoms. The van der Waals surface area contributed by atoms with Gasteiger partial charge < -0.3 is 0 Å². The van der Waals surface area contributed by atoms with Gasteiger partial charge in [-0.2, -0.15) is 0 Å². The quantitative estimate of drug-likeness (QED) is 0.184. The number of aryl methyl sites for hydroxylation is 1. The largest absolute Gasteiger partial charge is 0.0587 e. The molecule has 36 heavy (non-hydrogen) atoms. The Morgan fingerprint density at radius 1 is 0.333 bits per heavy atom. The molecule has 6 aromatic rings. The molecular formula is C35H25I. The summed E-state index contributed by atoms with van der Waals surface area (Å²) in [4.78, 5) is 0. The van der Waals surface area contributed by atoms with E-state index in [4.69, 9.17) is 0 Å². The Bertz CT molecular complexity index is 1510. The second kappa shape index (κ2) is 9.75. The highest BCUT2D eigenvalue weighted by Crippen LogP contribution is 2.31. The predicted molar refractivity (Wildman–Crippen MR) is 163 cm³/mol. The van der Waals surface area contributed by atoms with E-state index >= 15 is 0 Å². The fourth-order valence-corrected chi connectivity index (χ4v) is 5.06. The van der Waals surface area contributed by atoms with Gasteiger partial charge in [0.25, 0.3) is 0 Å². The Morgan fingerprint density at radius 2 is 0.611 bits per heavy atom. The van der Waals surface area contributed by atoms with Crippen LogP contribution in [-0.2, 0) is 0 Å². The zero-order valence-corrected chi connectivity index (χ0v) is 22.2. The van der Waals surface area contributed by atoms with Crippen LogP contribution in [0, 0.1) is 10.5 Å². The average molecular weight is 572 g/mol. The molecule has 0 aliphatic carbocycles. The van der Waals surface area contributed by atoms with Gasteiger partial charge in [0, 0.05) is 3.57 Å². The van der Waals surface area contributed by atoms with Crippen LogP contribution in [0.4, 0.5) is 0 Å². The standard InChI is InChI=1S/C35H25I/c1-24-2-4-25(5-3-24)26-6-10-29(11-7-26)31-14-16-34-23-32(15-17-33(34)22-31)30-12-8-27(9-13-30)28-18-20-35(36)21-19-28/h2-23H,1H3. The molecule has 6 rings (SSSR count). The van der Waals surface area contributed by atoms with Crippen molar-refractivity contribution in [2.45, 2.75) is 6.92 Å².